The van der Waals surface area contributed by atoms with E-state index in [9.17, 15) is 4.79 Å². The molecule has 0 aliphatic carbocycles. The third-order valence-electron chi connectivity index (χ3n) is 3.98. The fourth-order valence-corrected chi connectivity index (χ4v) is 2.73. The smallest absolute Gasteiger partial charge is 0.252 e. The van der Waals surface area contributed by atoms with E-state index in [4.69, 9.17) is 19.9 Å². The van der Waals surface area contributed by atoms with Crippen molar-refractivity contribution in [2.75, 3.05) is 13.2 Å². The molecular weight excluding hydrogens is 324 g/mol. The summed E-state index contributed by atoms with van der Waals surface area (Å²) in [5, 5.41) is 9.55. The minimum atomic E-state index is -0.542. The lowest BCUT2D eigenvalue weighted by molar-refractivity contribution is 0.0431. The van der Waals surface area contributed by atoms with Crippen LogP contribution in [0.3, 0.4) is 0 Å². The van der Waals surface area contributed by atoms with E-state index in [0.717, 1.165) is 16.5 Å². The molecular formula is C17H16N4O4. The van der Waals surface area contributed by atoms with Gasteiger partial charge in [-0.2, -0.15) is 0 Å². The average Bonchev–Trinajstić information content (AvgIpc) is 3.05. The Morgan fingerprint density at radius 1 is 1.16 bits per heavy atom. The highest BCUT2D eigenvalue weighted by Gasteiger charge is 2.15. The molecule has 0 saturated heterocycles. The lowest BCUT2D eigenvalue weighted by atomic mass is 10.0. The molecule has 0 fully saturated rings. The number of fused-ring (bicyclic) bond motifs is 2. The molecule has 0 radical (unpaired) electrons. The van der Waals surface area contributed by atoms with Crippen molar-refractivity contribution in [2.24, 2.45) is 5.73 Å². The van der Waals surface area contributed by atoms with Gasteiger partial charge in [0.25, 0.3) is 5.91 Å². The number of rotatable bonds is 1. The summed E-state index contributed by atoms with van der Waals surface area (Å²) in [6, 6.07) is 9.11. The zero-order valence-corrected chi connectivity index (χ0v) is 13.3. The number of amides is 1. The van der Waals surface area contributed by atoms with Crippen molar-refractivity contribution in [1.82, 2.24) is 15.0 Å². The van der Waals surface area contributed by atoms with Crippen LogP contribution in [0.5, 0.6) is 11.5 Å². The van der Waals surface area contributed by atoms with Gasteiger partial charge in [0.1, 0.15) is 31.4 Å². The summed E-state index contributed by atoms with van der Waals surface area (Å²) in [5.74, 6) is 0.546. The standard InChI is InChI=1S/C17H16N4O4/c18-17(22)14-6-11-2-1-3-15-13(11)7-16(14)24-5-4-23-10-21-12(9-25-15)8-19-20-21/h1-3,6-8H,4-5,9-10H2,(H2,18,22). The van der Waals surface area contributed by atoms with Crippen LogP contribution < -0.4 is 15.2 Å². The van der Waals surface area contributed by atoms with Crippen LogP contribution in [0.1, 0.15) is 16.1 Å². The third-order valence-corrected chi connectivity index (χ3v) is 3.98. The quantitative estimate of drug-likeness (QED) is 0.720. The van der Waals surface area contributed by atoms with Gasteiger partial charge >= 0.3 is 0 Å². The Morgan fingerprint density at radius 3 is 2.96 bits per heavy atom. The van der Waals surface area contributed by atoms with E-state index in [2.05, 4.69) is 10.3 Å². The Kier molecular flexibility index (Phi) is 3.95. The number of nitrogens with zero attached hydrogens (tertiary/aromatic N) is 3. The van der Waals surface area contributed by atoms with E-state index < -0.39 is 5.91 Å². The van der Waals surface area contributed by atoms with Crippen molar-refractivity contribution in [1.29, 1.82) is 0 Å². The Balaban J connectivity index is 1.81. The van der Waals surface area contributed by atoms with E-state index in [1.807, 2.05) is 18.2 Å². The zero-order valence-electron chi connectivity index (χ0n) is 13.3. The molecule has 1 aliphatic heterocycles. The van der Waals surface area contributed by atoms with E-state index >= 15 is 0 Å². The zero-order chi connectivity index (χ0) is 17.2. The van der Waals surface area contributed by atoms with E-state index in [1.54, 1.807) is 23.0 Å². The Hall–Kier alpha value is -3.13. The molecule has 0 unspecified atom stereocenters. The number of benzene rings is 2. The SMILES string of the molecule is NC(=O)c1cc2cccc3c2cc1OCCOCn1nncc1CO3. The number of aromatic nitrogens is 3. The second kappa shape index (κ2) is 6.40. The van der Waals surface area contributed by atoms with Crippen molar-refractivity contribution in [2.45, 2.75) is 13.3 Å². The molecule has 8 heteroatoms. The van der Waals surface area contributed by atoms with E-state index in [1.165, 1.54) is 0 Å². The molecule has 8 nitrogen and oxygen atoms in total. The maximum Gasteiger partial charge on any atom is 0.252 e. The minimum absolute atomic E-state index is 0.243. The fourth-order valence-electron chi connectivity index (χ4n) is 2.73. The van der Waals surface area contributed by atoms with Crippen LogP contribution in [0.2, 0.25) is 0 Å². The molecule has 0 spiro atoms. The first-order valence-corrected chi connectivity index (χ1v) is 7.79. The van der Waals surface area contributed by atoms with Gasteiger partial charge in [0.2, 0.25) is 0 Å². The van der Waals surface area contributed by atoms with Gasteiger partial charge in [0.15, 0.2) is 0 Å². The molecule has 2 aromatic carbocycles. The van der Waals surface area contributed by atoms with Crippen molar-refractivity contribution in [3.63, 3.8) is 0 Å². The van der Waals surface area contributed by atoms with Gasteiger partial charge in [0, 0.05) is 5.39 Å². The highest BCUT2D eigenvalue weighted by atomic mass is 16.5. The first-order valence-electron chi connectivity index (χ1n) is 7.79. The maximum atomic E-state index is 11.8. The second-order valence-corrected chi connectivity index (χ2v) is 5.59. The lowest BCUT2D eigenvalue weighted by Gasteiger charge is -2.13. The Morgan fingerprint density at radius 2 is 2.08 bits per heavy atom. The summed E-state index contributed by atoms with van der Waals surface area (Å²) >= 11 is 0. The number of carbonyl (C=O) groups is 1. The molecule has 128 valence electrons. The predicted octanol–water partition coefficient (Wildman–Crippen LogP) is 1.48. The van der Waals surface area contributed by atoms with Gasteiger partial charge in [0.05, 0.1) is 24.1 Å². The van der Waals surface area contributed by atoms with E-state index in [-0.39, 0.29) is 13.3 Å². The molecule has 4 rings (SSSR count). The molecule has 2 N–H and O–H groups in total. The molecule has 25 heavy (non-hydrogen) atoms. The van der Waals surface area contributed by atoms with Crippen molar-refractivity contribution >= 4 is 16.7 Å². The Labute approximate surface area is 143 Å². The van der Waals surface area contributed by atoms with Crippen LogP contribution in [0, 0.1) is 0 Å². The van der Waals surface area contributed by atoms with Gasteiger partial charge < -0.3 is 19.9 Å². The first-order chi connectivity index (χ1) is 12.2. The molecule has 0 atom stereocenters. The fraction of sp³-hybridized carbons (Fsp3) is 0.235. The van der Waals surface area contributed by atoms with Crippen LogP contribution in [0.4, 0.5) is 0 Å². The first kappa shape index (κ1) is 15.4. The molecule has 1 amide bonds. The van der Waals surface area contributed by atoms with E-state index in [0.29, 0.717) is 30.3 Å². The minimum Gasteiger partial charge on any atom is -0.490 e. The predicted molar refractivity (Wildman–Crippen MR) is 88.3 cm³/mol. The van der Waals surface area contributed by atoms with Crippen molar-refractivity contribution < 1.29 is 19.0 Å². The van der Waals surface area contributed by atoms with Gasteiger partial charge in [-0.05, 0) is 23.6 Å². The molecule has 2 heterocycles. The Bertz CT molecular complexity index is 938. The second-order valence-electron chi connectivity index (χ2n) is 5.59. The summed E-state index contributed by atoms with van der Waals surface area (Å²) in [4.78, 5) is 11.8. The highest BCUT2D eigenvalue weighted by molar-refractivity contribution is 6.02. The van der Waals surface area contributed by atoms with Gasteiger partial charge in [-0.25, -0.2) is 4.68 Å². The summed E-state index contributed by atoms with van der Waals surface area (Å²) in [7, 11) is 0. The van der Waals surface area contributed by atoms with Crippen molar-refractivity contribution in [3.8, 4) is 11.5 Å². The van der Waals surface area contributed by atoms with Crippen LogP contribution in [0.15, 0.2) is 36.5 Å². The number of carbonyl (C=O) groups excluding carboxylic acids is 1. The number of nitrogens with two attached hydrogens (primary N) is 1. The number of primary amides is 1. The topological polar surface area (TPSA) is 101 Å². The number of ether oxygens (including phenoxy) is 3. The molecule has 0 saturated carbocycles. The van der Waals surface area contributed by atoms with Gasteiger partial charge in [-0.1, -0.05) is 17.3 Å². The van der Waals surface area contributed by atoms with Gasteiger partial charge in [-0.3, -0.25) is 4.79 Å². The number of hydrogen-bond donors (Lipinski definition) is 1. The normalized spacial score (nSPS) is 14.6. The third kappa shape index (κ3) is 2.99. The molecule has 1 aromatic heterocycles. The summed E-state index contributed by atoms with van der Waals surface area (Å²) in [6.45, 7) is 1.15. The lowest BCUT2D eigenvalue weighted by Crippen LogP contribution is -2.16. The summed E-state index contributed by atoms with van der Waals surface area (Å²) in [5.41, 5.74) is 6.61. The summed E-state index contributed by atoms with van der Waals surface area (Å²) in [6.07, 6.45) is 1.64. The monoisotopic (exact) mass is 340 g/mol. The molecule has 1 aliphatic rings. The summed E-state index contributed by atoms with van der Waals surface area (Å²) < 4.78 is 18.8. The molecule has 2 bridgehead atoms. The van der Waals surface area contributed by atoms with Crippen molar-refractivity contribution in [3.05, 3.63) is 47.8 Å². The maximum absolute atomic E-state index is 11.8. The average molecular weight is 340 g/mol. The molecule has 3 aromatic rings. The van der Waals surface area contributed by atoms with Crippen LogP contribution in [0.25, 0.3) is 10.8 Å². The largest absolute Gasteiger partial charge is 0.490 e. The van der Waals surface area contributed by atoms with Crippen LogP contribution >= 0.6 is 0 Å². The van der Waals surface area contributed by atoms with Gasteiger partial charge in [-0.15, -0.1) is 5.10 Å². The van der Waals surface area contributed by atoms with Crippen LogP contribution in [-0.2, 0) is 18.1 Å². The van der Waals surface area contributed by atoms with Crippen LogP contribution in [-0.4, -0.2) is 34.1 Å². The highest BCUT2D eigenvalue weighted by Crippen LogP contribution is 2.32. The number of hydrogen-bond acceptors (Lipinski definition) is 6.